The first-order valence-corrected chi connectivity index (χ1v) is 4.51. The van der Waals surface area contributed by atoms with Crippen LogP contribution in [0.25, 0.3) is 0 Å². The summed E-state index contributed by atoms with van der Waals surface area (Å²) in [7, 11) is 6.50. The first-order chi connectivity index (χ1) is 5.02. The van der Waals surface area contributed by atoms with Gasteiger partial charge in [0.1, 0.15) is 12.1 Å². The van der Waals surface area contributed by atoms with Gasteiger partial charge in [0.15, 0.2) is 0 Å². The van der Waals surface area contributed by atoms with Crippen molar-refractivity contribution in [3.05, 3.63) is 0 Å². The van der Waals surface area contributed by atoms with Crippen molar-refractivity contribution in [3.63, 3.8) is 0 Å². The van der Waals surface area contributed by atoms with Crippen molar-refractivity contribution in [3.8, 4) is 0 Å². The normalized spacial score (nSPS) is 33.8. The maximum absolute atomic E-state index is 9.69. The molecule has 1 fully saturated rings. The standard InChI is InChI=1S/C9H20NO/c1-10(2,3)8-6-4-5-7-9(8)11/h8-9,11H,4-7H2,1-3H3/q+1/t8-,9-/m1/s1. The Kier molecular flexibility index (Phi) is 2.55. The summed E-state index contributed by atoms with van der Waals surface area (Å²) in [5, 5.41) is 9.69. The van der Waals surface area contributed by atoms with Gasteiger partial charge < -0.3 is 9.59 Å². The minimum atomic E-state index is -0.0660. The number of likely N-dealkylation sites (N-methyl/N-ethyl adjacent to an activating group) is 1. The lowest BCUT2D eigenvalue weighted by Crippen LogP contribution is -2.52. The molecule has 0 aromatic rings. The van der Waals surface area contributed by atoms with Gasteiger partial charge in [0.05, 0.1) is 21.1 Å². The van der Waals surface area contributed by atoms with Gasteiger partial charge in [-0.1, -0.05) is 6.42 Å². The molecule has 0 aliphatic heterocycles. The van der Waals surface area contributed by atoms with Crippen LogP contribution >= 0.6 is 0 Å². The third-order valence-electron chi connectivity index (χ3n) is 2.69. The summed E-state index contributed by atoms with van der Waals surface area (Å²) in [6.45, 7) is 0. The van der Waals surface area contributed by atoms with E-state index in [0.29, 0.717) is 6.04 Å². The Balaban J connectivity index is 2.55. The minimum absolute atomic E-state index is 0.0660. The number of hydrogen-bond donors (Lipinski definition) is 1. The van der Waals surface area contributed by atoms with Gasteiger partial charge in [-0.05, 0) is 12.8 Å². The molecule has 1 aliphatic carbocycles. The molecule has 66 valence electrons. The van der Waals surface area contributed by atoms with Crippen LogP contribution in [-0.4, -0.2) is 42.9 Å². The molecule has 1 rings (SSSR count). The second-order valence-corrected chi connectivity index (χ2v) is 4.54. The zero-order chi connectivity index (χ0) is 8.48. The van der Waals surface area contributed by atoms with Gasteiger partial charge in [0.25, 0.3) is 0 Å². The van der Waals surface area contributed by atoms with Crippen LogP contribution in [0.1, 0.15) is 25.7 Å². The molecule has 0 aromatic carbocycles. The second-order valence-electron chi connectivity index (χ2n) is 4.54. The van der Waals surface area contributed by atoms with E-state index >= 15 is 0 Å². The average Bonchev–Trinajstić information content (AvgIpc) is 1.86. The molecule has 2 atom stereocenters. The highest BCUT2D eigenvalue weighted by Gasteiger charge is 2.33. The van der Waals surface area contributed by atoms with Crippen molar-refractivity contribution >= 4 is 0 Å². The zero-order valence-corrected chi connectivity index (χ0v) is 7.88. The monoisotopic (exact) mass is 158 g/mol. The molecule has 0 aromatic heterocycles. The first-order valence-electron chi connectivity index (χ1n) is 4.51. The first kappa shape index (κ1) is 9.01. The maximum Gasteiger partial charge on any atom is 0.115 e. The van der Waals surface area contributed by atoms with Crippen LogP contribution < -0.4 is 0 Å². The fourth-order valence-electron chi connectivity index (χ4n) is 2.00. The van der Waals surface area contributed by atoms with Gasteiger partial charge in [-0.3, -0.25) is 0 Å². The molecule has 0 spiro atoms. The van der Waals surface area contributed by atoms with Crippen molar-refractivity contribution in [1.82, 2.24) is 0 Å². The molecular formula is C9H20NO+. The number of hydrogen-bond acceptors (Lipinski definition) is 1. The molecule has 0 saturated heterocycles. The van der Waals surface area contributed by atoms with Gasteiger partial charge in [-0.15, -0.1) is 0 Å². The topological polar surface area (TPSA) is 20.2 Å². The van der Waals surface area contributed by atoms with E-state index in [1.165, 1.54) is 19.3 Å². The maximum atomic E-state index is 9.69. The van der Waals surface area contributed by atoms with Crippen LogP contribution in [0.4, 0.5) is 0 Å². The van der Waals surface area contributed by atoms with Crippen LogP contribution in [-0.2, 0) is 0 Å². The summed E-state index contributed by atoms with van der Waals surface area (Å²) in [5.41, 5.74) is 0. The number of quaternary nitrogens is 1. The Morgan fingerprint density at radius 1 is 1.09 bits per heavy atom. The smallest absolute Gasteiger partial charge is 0.115 e. The SMILES string of the molecule is C[N+](C)(C)[C@@H]1CCCC[C@H]1O. The number of aliphatic hydroxyl groups is 1. The molecule has 2 heteroatoms. The van der Waals surface area contributed by atoms with Crippen LogP contribution in [0.3, 0.4) is 0 Å². The van der Waals surface area contributed by atoms with Crippen molar-refractivity contribution < 1.29 is 9.59 Å². The van der Waals surface area contributed by atoms with Gasteiger partial charge in [0, 0.05) is 6.42 Å². The lowest BCUT2D eigenvalue weighted by atomic mass is 9.91. The van der Waals surface area contributed by atoms with Crippen molar-refractivity contribution in [2.75, 3.05) is 21.1 Å². The summed E-state index contributed by atoms with van der Waals surface area (Å²) >= 11 is 0. The molecule has 1 saturated carbocycles. The average molecular weight is 158 g/mol. The van der Waals surface area contributed by atoms with Crippen molar-refractivity contribution in [1.29, 1.82) is 0 Å². The quantitative estimate of drug-likeness (QED) is 0.564. The van der Waals surface area contributed by atoms with Gasteiger partial charge in [-0.25, -0.2) is 0 Å². The molecular weight excluding hydrogens is 138 g/mol. The largest absolute Gasteiger partial charge is 0.387 e. The third-order valence-corrected chi connectivity index (χ3v) is 2.69. The van der Waals surface area contributed by atoms with Crippen molar-refractivity contribution in [2.45, 2.75) is 37.8 Å². The fourth-order valence-corrected chi connectivity index (χ4v) is 2.00. The predicted octanol–water partition coefficient (Wildman–Crippen LogP) is 0.996. The Labute approximate surface area is 69.4 Å². The van der Waals surface area contributed by atoms with Crippen LogP contribution in [0.5, 0.6) is 0 Å². The van der Waals surface area contributed by atoms with Crippen LogP contribution in [0.2, 0.25) is 0 Å². The molecule has 2 nitrogen and oxygen atoms in total. The summed E-state index contributed by atoms with van der Waals surface area (Å²) in [6.07, 6.45) is 4.61. The Morgan fingerprint density at radius 2 is 1.64 bits per heavy atom. The third kappa shape index (κ3) is 2.17. The van der Waals surface area contributed by atoms with E-state index in [9.17, 15) is 5.11 Å². The molecule has 11 heavy (non-hydrogen) atoms. The van der Waals surface area contributed by atoms with E-state index in [-0.39, 0.29) is 6.10 Å². The second kappa shape index (κ2) is 3.11. The van der Waals surface area contributed by atoms with E-state index in [4.69, 9.17) is 0 Å². The Bertz CT molecular complexity index is 128. The Morgan fingerprint density at radius 3 is 2.00 bits per heavy atom. The summed E-state index contributed by atoms with van der Waals surface area (Å²) < 4.78 is 0.904. The van der Waals surface area contributed by atoms with E-state index in [1.54, 1.807) is 0 Å². The fraction of sp³-hybridized carbons (Fsp3) is 1.00. The highest BCUT2D eigenvalue weighted by Crippen LogP contribution is 2.24. The molecule has 1 N–H and O–H groups in total. The number of aliphatic hydroxyl groups excluding tert-OH is 1. The minimum Gasteiger partial charge on any atom is -0.387 e. The lowest BCUT2D eigenvalue weighted by molar-refractivity contribution is -0.901. The van der Waals surface area contributed by atoms with E-state index in [2.05, 4.69) is 21.1 Å². The van der Waals surface area contributed by atoms with Crippen molar-refractivity contribution in [2.24, 2.45) is 0 Å². The molecule has 0 bridgehead atoms. The summed E-state index contributed by atoms with van der Waals surface area (Å²) in [5.74, 6) is 0. The highest BCUT2D eigenvalue weighted by molar-refractivity contribution is 4.74. The molecule has 0 amide bonds. The molecule has 0 radical (unpaired) electrons. The van der Waals surface area contributed by atoms with E-state index in [1.807, 2.05) is 0 Å². The number of rotatable bonds is 1. The Hall–Kier alpha value is -0.0800. The van der Waals surface area contributed by atoms with Gasteiger partial charge >= 0.3 is 0 Å². The lowest BCUT2D eigenvalue weighted by Gasteiger charge is -2.39. The summed E-state index contributed by atoms with van der Waals surface area (Å²) in [4.78, 5) is 0. The van der Waals surface area contributed by atoms with Gasteiger partial charge in [0.2, 0.25) is 0 Å². The zero-order valence-electron chi connectivity index (χ0n) is 7.88. The molecule has 1 aliphatic rings. The van der Waals surface area contributed by atoms with Crippen LogP contribution in [0.15, 0.2) is 0 Å². The van der Waals surface area contributed by atoms with Gasteiger partial charge in [-0.2, -0.15) is 0 Å². The number of nitrogens with zero attached hydrogens (tertiary/aromatic N) is 1. The molecule has 0 unspecified atom stereocenters. The summed E-state index contributed by atoms with van der Waals surface area (Å²) in [6, 6.07) is 0.462. The van der Waals surface area contributed by atoms with E-state index < -0.39 is 0 Å². The molecule has 0 heterocycles. The predicted molar refractivity (Wildman–Crippen MR) is 46.3 cm³/mol. The van der Waals surface area contributed by atoms with E-state index in [0.717, 1.165) is 10.9 Å². The van der Waals surface area contributed by atoms with Crippen LogP contribution in [0, 0.1) is 0 Å². The highest BCUT2D eigenvalue weighted by atomic mass is 16.3.